The highest BCUT2D eigenvalue weighted by Crippen LogP contribution is 2.25. The third-order valence-electron chi connectivity index (χ3n) is 3.65. The molecule has 1 rings (SSSR count). The van der Waals surface area contributed by atoms with Gasteiger partial charge in [-0.2, -0.15) is 0 Å². The van der Waals surface area contributed by atoms with Crippen molar-refractivity contribution in [2.24, 2.45) is 0 Å². The summed E-state index contributed by atoms with van der Waals surface area (Å²) >= 11 is 3.53. The Bertz CT molecular complexity index is 390. The number of carbonyl (C=O) groups is 2. The zero-order valence-corrected chi connectivity index (χ0v) is 13.8. The lowest BCUT2D eigenvalue weighted by atomic mass is 10.1. The van der Waals surface area contributed by atoms with E-state index in [1.54, 1.807) is 4.90 Å². The fourth-order valence-corrected chi connectivity index (χ4v) is 2.95. The Hall–Kier alpha value is -0.900. The predicted octanol–water partition coefficient (Wildman–Crippen LogP) is 3.98. The Morgan fingerprint density at radius 3 is 2.85 bits per heavy atom. The molecule has 0 aliphatic carbocycles. The monoisotopic (exact) mass is 341 g/mol. The van der Waals surface area contributed by atoms with Crippen molar-refractivity contribution in [2.45, 2.75) is 57.9 Å². The van der Waals surface area contributed by atoms with Crippen LogP contribution in [0.15, 0.2) is 22.7 Å². The maximum atomic E-state index is 11.9. The van der Waals surface area contributed by atoms with Gasteiger partial charge in [0.1, 0.15) is 6.29 Å². The Balaban J connectivity index is 2.47. The molecule has 0 aromatic rings. The minimum atomic E-state index is -0.124. The van der Waals surface area contributed by atoms with Gasteiger partial charge >= 0.3 is 0 Å². The van der Waals surface area contributed by atoms with Crippen molar-refractivity contribution >= 4 is 28.1 Å². The molecule has 0 aromatic carbocycles. The molecule has 0 unspecified atom stereocenters. The molecule has 0 spiro atoms. The van der Waals surface area contributed by atoms with Crippen molar-refractivity contribution < 1.29 is 9.59 Å². The van der Waals surface area contributed by atoms with E-state index < -0.39 is 0 Å². The zero-order valence-electron chi connectivity index (χ0n) is 12.2. The summed E-state index contributed by atoms with van der Waals surface area (Å²) in [5.74, 6) is 0.106. The summed E-state index contributed by atoms with van der Waals surface area (Å²) in [6.07, 6.45) is 10.1. The van der Waals surface area contributed by atoms with Crippen molar-refractivity contribution in [2.75, 3.05) is 6.54 Å². The van der Waals surface area contributed by atoms with Gasteiger partial charge in [0.05, 0.1) is 12.6 Å². The predicted molar refractivity (Wildman–Crippen MR) is 85.7 cm³/mol. The van der Waals surface area contributed by atoms with Gasteiger partial charge in [0.25, 0.3) is 0 Å². The van der Waals surface area contributed by atoms with Crippen molar-refractivity contribution in [3.63, 3.8) is 0 Å². The van der Waals surface area contributed by atoms with E-state index in [9.17, 15) is 9.59 Å². The number of hydrogen-bond donors (Lipinski definition) is 0. The molecule has 1 aliphatic rings. The lowest BCUT2D eigenvalue weighted by molar-refractivity contribution is -0.128. The van der Waals surface area contributed by atoms with Gasteiger partial charge in [0, 0.05) is 16.5 Å². The van der Waals surface area contributed by atoms with Crippen LogP contribution >= 0.6 is 15.9 Å². The number of nitrogens with zero attached hydrogens (tertiary/aromatic N) is 1. The van der Waals surface area contributed by atoms with Crippen molar-refractivity contribution in [1.82, 2.24) is 4.90 Å². The minimum Gasteiger partial charge on any atom is -0.331 e. The van der Waals surface area contributed by atoms with Crippen LogP contribution in [0.4, 0.5) is 0 Å². The van der Waals surface area contributed by atoms with Crippen LogP contribution in [0.2, 0.25) is 0 Å². The Morgan fingerprint density at radius 2 is 2.20 bits per heavy atom. The van der Waals surface area contributed by atoms with E-state index >= 15 is 0 Å². The van der Waals surface area contributed by atoms with Crippen LogP contribution < -0.4 is 0 Å². The van der Waals surface area contributed by atoms with E-state index in [4.69, 9.17) is 0 Å². The van der Waals surface area contributed by atoms with Crippen molar-refractivity contribution in [1.29, 1.82) is 0 Å². The number of hydrogen-bond acceptors (Lipinski definition) is 2. The Morgan fingerprint density at radius 1 is 1.45 bits per heavy atom. The van der Waals surface area contributed by atoms with Crippen LogP contribution in [0.3, 0.4) is 0 Å². The summed E-state index contributed by atoms with van der Waals surface area (Å²) in [5, 5.41) is 0. The fraction of sp³-hybridized carbons (Fsp3) is 0.625. The van der Waals surface area contributed by atoms with E-state index in [2.05, 4.69) is 35.5 Å². The Labute approximate surface area is 130 Å². The molecule has 1 aliphatic heterocycles. The van der Waals surface area contributed by atoms with E-state index in [-0.39, 0.29) is 11.9 Å². The topological polar surface area (TPSA) is 37.4 Å². The average Bonchev–Trinajstić information content (AvgIpc) is 2.79. The second-order valence-corrected chi connectivity index (χ2v) is 6.29. The number of unbranched alkanes of at least 4 members (excludes halogenated alkanes) is 4. The first-order valence-corrected chi connectivity index (χ1v) is 8.17. The lowest BCUT2D eigenvalue weighted by Crippen LogP contribution is -2.35. The molecule has 1 fully saturated rings. The van der Waals surface area contributed by atoms with Gasteiger partial charge in [0.2, 0.25) is 5.91 Å². The molecule has 0 saturated carbocycles. The van der Waals surface area contributed by atoms with Gasteiger partial charge in [-0.05, 0) is 19.3 Å². The molecule has 3 nitrogen and oxygen atoms in total. The van der Waals surface area contributed by atoms with E-state index in [0.717, 1.165) is 17.2 Å². The fourth-order valence-electron chi connectivity index (χ4n) is 2.45. The van der Waals surface area contributed by atoms with Gasteiger partial charge in [-0.3, -0.25) is 9.59 Å². The van der Waals surface area contributed by atoms with Crippen molar-refractivity contribution in [3.8, 4) is 0 Å². The average molecular weight is 342 g/mol. The summed E-state index contributed by atoms with van der Waals surface area (Å²) in [4.78, 5) is 24.5. The number of halogens is 1. The van der Waals surface area contributed by atoms with Crippen LogP contribution in [0.5, 0.6) is 0 Å². The molecule has 0 bridgehead atoms. The first-order valence-electron chi connectivity index (χ1n) is 7.38. The summed E-state index contributed by atoms with van der Waals surface area (Å²) in [7, 11) is 0. The zero-order chi connectivity index (χ0) is 15.0. The SMILES string of the molecule is C=C(C=O)[C@@H]1CCC(=O)N1C/C(Br)=C\CCCCCC. The number of aldehydes is 1. The molecule has 0 aromatic heterocycles. The lowest BCUT2D eigenvalue weighted by Gasteiger charge is -2.24. The van der Waals surface area contributed by atoms with Crippen LogP contribution in [-0.2, 0) is 9.59 Å². The van der Waals surface area contributed by atoms with E-state index in [1.807, 2.05) is 0 Å². The molecule has 4 heteroatoms. The largest absolute Gasteiger partial charge is 0.331 e. The highest BCUT2D eigenvalue weighted by atomic mass is 79.9. The van der Waals surface area contributed by atoms with Crippen LogP contribution in [0, 0.1) is 0 Å². The highest BCUT2D eigenvalue weighted by Gasteiger charge is 2.32. The highest BCUT2D eigenvalue weighted by molar-refractivity contribution is 9.11. The molecule has 112 valence electrons. The first-order chi connectivity index (χ1) is 9.60. The molecule has 1 atom stereocenters. The first kappa shape index (κ1) is 17.2. The number of allylic oxidation sites excluding steroid dienone is 1. The van der Waals surface area contributed by atoms with Gasteiger partial charge in [-0.1, -0.05) is 54.8 Å². The smallest absolute Gasteiger partial charge is 0.223 e. The number of amides is 1. The van der Waals surface area contributed by atoms with Gasteiger partial charge in [0.15, 0.2) is 0 Å². The Kier molecular flexibility index (Phi) is 7.82. The quantitative estimate of drug-likeness (QED) is 0.361. The third kappa shape index (κ3) is 5.23. The van der Waals surface area contributed by atoms with Crippen LogP contribution in [0.1, 0.15) is 51.9 Å². The molecular formula is C16H24BrNO2. The maximum Gasteiger partial charge on any atom is 0.223 e. The summed E-state index contributed by atoms with van der Waals surface area (Å²) in [6, 6.07) is -0.124. The van der Waals surface area contributed by atoms with Crippen LogP contribution in [-0.4, -0.2) is 29.7 Å². The summed E-state index contributed by atoms with van der Waals surface area (Å²) in [6.45, 7) is 6.49. The molecule has 1 amide bonds. The third-order valence-corrected chi connectivity index (χ3v) is 4.23. The number of rotatable bonds is 9. The maximum absolute atomic E-state index is 11.9. The molecular weight excluding hydrogens is 318 g/mol. The van der Waals surface area contributed by atoms with E-state index in [1.165, 1.54) is 25.7 Å². The molecule has 20 heavy (non-hydrogen) atoms. The minimum absolute atomic E-state index is 0.106. The van der Waals surface area contributed by atoms with Gasteiger partial charge in [-0.15, -0.1) is 0 Å². The summed E-state index contributed by atoms with van der Waals surface area (Å²) < 4.78 is 1.02. The molecule has 0 radical (unpaired) electrons. The van der Waals surface area contributed by atoms with Gasteiger partial charge < -0.3 is 4.90 Å². The summed E-state index contributed by atoms with van der Waals surface area (Å²) in [5.41, 5.74) is 0.499. The second kappa shape index (κ2) is 9.11. The van der Waals surface area contributed by atoms with E-state index in [0.29, 0.717) is 25.0 Å². The van der Waals surface area contributed by atoms with Crippen LogP contribution in [0.25, 0.3) is 0 Å². The second-order valence-electron chi connectivity index (χ2n) is 5.27. The number of carbonyl (C=O) groups excluding carboxylic acids is 2. The molecule has 0 N–H and O–H groups in total. The molecule has 1 heterocycles. The van der Waals surface area contributed by atoms with Gasteiger partial charge in [-0.25, -0.2) is 0 Å². The normalized spacial score (nSPS) is 19.5. The number of likely N-dealkylation sites (tertiary alicyclic amines) is 1. The molecule has 1 saturated heterocycles. The standard InChI is InChI=1S/C16H24BrNO2/c1-3-4-5-6-7-8-14(17)11-18-15(13(2)12-19)9-10-16(18)20/h8,12,15H,2-7,9-11H2,1H3/b14-8+/t15-/m0/s1. The van der Waals surface area contributed by atoms with Crippen molar-refractivity contribution in [3.05, 3.63) is 22.7 Å².